The Labute approximate surface area is 112 Å². The van der Waals surface area contributed by atoms with Crippen LogP contribution in [0.1, 0.15) is 31.2 Å². The van der Waals surface area contributed by atoms with Crippen LogP contribution < -0.4 is 0 Å². The maximum absolute atomic E-state index is 9.88. The zero-order chi connectivity index (χ0) is 12.7. The summed E-state index contributed by atoms with van der Waals surface area (Å²) in [7, 11) is 0. The number of phenolic OH excluding ortho intramolecular Hbond substituents is 1. The molecule has 0 unspecified atom stereocenters. The third kappa shape index (κ3) is 2.04. The second-order valence-corrected chi connectivity index (χ2v) is 5.81. The number of phenols is 1. The van der Waals surface area contributed by atoms with Crippen LogP contribution >= 0.6 is 11.6 Å². The molecule has 2 aliphatic rings. The van der Waals surface area contributed by atoms with E-state index in [0.29, 0.717) is 16.9 Å². The first-order valence-corrected chi connectivity index (χ1v) is 6.89. The van der Waals surface area contributed by atoms with Crippen molar-refractivity contribution in [3.8, 4) is 5.75 Å². The van der Waals surface area contributed by atoms with Gasteiger partial charge in [-0.3, -0.25) is 0 Å². The Morgan fingerprint density at radius 2 is 2.06 bits per heavy atom. The maximum atomic E-state index is 9.88. The predicted octanol–water partition coefficient (Wildman–Crippen LogP) is 3.61. The van der Waals surface area contributed by atoms with Gasteiger partial charge in [-0.25, -0.2) is 0 Å². The van der Waals surface area contributed by atoms with E-state index >= 15 is 0 Å². The number of hydrogen-bond acceptors (Lipinski definition) is 2. The molecule has 0 aromatic heterocycles. The zero-order valence-electron chi connectivity index (χ0n) is 10.1. The van der Waals surface area contributed by atoms with Crippen molar-refractivity contribution in [2.75, 3.05) is 0 Å². The van der Waals surface area contributed by atoms with Gasteiger partial charge in [0.2, 0.25) is 0 Å². The summed E-state index contributed by atoms with van der Waals surface area (Å²) in [5, 5.41) is 19.9. The summed E-state index contributed by atoms with van der Waals surface area (Å²) in [6, 6.07) is 5.15. The number of rotatable bonds is 1. The molecular weight excluding hydrogens is 248 g/mol. The van der Waals surface area contributed by atoms with Crippen LogP contribution in [-0.2, 0) is 0 Å². The van der Waals surface area contributed by atoms with Crippen LogP contribution in [0.25, 0.3) is 5.57 Å². The number of hydrogen-bond donors (Lipinski definition) is 2. The second kappa shape index (κ2) is 4.60. The van der Waals surface area contributed by atoms with Crippen molar-refractivity contribution in [2.45, 2.75) is 31.8 Å². The van der Waals surface area contributed by atoms with Gasteiger partial charge >= 0.3 is 0 Å². The third-order valence-electron chi connectivity index (χ3n) is 4.35. The molecule has 96 valence electrons. The van der Waals surface area contributed by atoms with Gasteiger partial charge in [0.1, 0.15) is 5.75 Å². The van der Waals surface area contributed by atoms with E-state index in [2.05, 4.69) is 6.08 Å². The van der Waals surface area contributed by atoms with Crippen LogP contribution in [0, 0.1) is 11.8 Å². The van der Waals surface area contributed by atoms with E-state index in [1.54, 1.807) is 12.1 Å². The van der Waals surface area contributed by atoms with Crippen LogP contribution in [0.2, 0.25) is 5.02 Å². The van der Waals surface area contributed by atoms with E-state index in [-0.39, 0.29) is 11.9 Å². The molecule has 0 spiro atoms. The fourth-order valence-electron chi connectivity index (χ4n) is 3.36. The van der Waals surface area contributed by atoms with E-state index in [9.17, 15) is 10.2 Å². The molecule has 0 aliphatic heterocycles. The summed E-state index contributed by atoms with van der Waals surface area (Å²) in [5.41, 5.74) is 2.28. The number of halogens is 1. The van der Waals surface area contributed by atoms with Gasteiger partial charge in [0, 0.05) is 0 Å². The van der Waals surface area contributed by atoms with Crippen molar-refractivity contribution in [1.29, 1.82) is 0 Å². The lowest BCUT2D eigenvalue weighted by molar-refractivity contribution is 0.117. The highest BCUT2D eigenvalue weighted by Crippen LogP contribution is 2.45. The molecule has 0 radical (unpaired) electrons. The van der Waals surface area contributed by atoms with E-state index in [4.69, 9.17) is 11.6 Å². The largest absolute Gasteiger partial charge is 0.508 e. The number of benzene rings is 1. The van der Waals surface area contributed by atoms with E-state index in [1.165, 1.54) is 5.57 Å². The standard InChI is InChI=1S/C15H17ClO2/c16-14-8-11(17)3-5-12(14)9-1-4-13-10(7-9)2-6-15(13)18/h1,3,5,8,10,13,15,17-18H,2,4,6-7H2/t10-,13+,15+/m1/s1. The summed E-state index contributed by atoms with van der Waals surface area (Å²) in [6.07, 6.45) is 6.06. The van der Waals surface area contributed by atoms with Crippen molar-refractivity contribution < 1.29 is 10.2 Å². The molecule has 2 N–H and O–H groups in total. The normalized spacial score (nSPS) is 31.0. The summed E-state index contributed by atoms with van der Waals surface area (Å²) in [6.45, 7) is 0. The number of aliphatic hydroxyl groups is 1. The molecule has 3 heteroatoms. The highest BCUT2D eigenvalue weighted by molar-refractivity contribution is 6.32. The minimum Gasteiger partial charge on any atom is -0.508 e. The van der Waals surface area contributed by atoms with Crippen molar-refractivity contribution in [3.63, 3.8) is 0 Å². The molecule has 1 saturated carbocycles. The lowest BCUT2D eigenvalue weighted by Gasteiger charge is -2.27. The molecule has 0 bridgehead atoms. The minimum absolute atomic E-state index is 0.122. The highest BCUT2D eigenvalue weighted by atomic mass is 35.5. The SMILES string of the molecule is Oc1ccc(C2=CC[C@H]3[C@H](CC[C@@H]3O)C2)c(Cl)c1. The van der Waals surface area contributed by atoms with Gasteiger partial charge < -0.3 is 10.2 Å². The average Bonchev–Trinajstić information content (AvgIpc) is 2.71. The third-order valence-corrected chi connectivity index (χ3v) is 4.66. The van der Waals surface area contributed by atoms with Crippen LogP contribution in [0.15, 0.2) is 24.3 Å². The van der Waals surface area contributed by atoms with Gasteiger partial charge in [-0.05, 0) is 66.9 Å². The quantitative estimate of drug-likeness (QED) is 0.814. The van der Waals surface area contributed by atoms with Crippen molar-refractivity contribution >= 4 is 17.2 Å². The van der Waals surface area contributed by atoms with Crippen LogP contribution in [0.4, 0.5) is 0 Å². The summed E-state index contributed by atoms with van der Waals surface area (Å²) < 4.78 is 0. The maximum Gasteiger partial charge on any atom is 0.117 e. The van der Waals surface area contributed by atoms with Gasteiger partial charge in [-0.1, -0.05) is 17.7 Å². The van der Waals surface area contributed by atoms with Gasteiger partial charge in [0.25, 0.3) is 0 Å². The Bertz CT molecular complexity index is 495. The van der Waals surface area contributed by atoms with E-state index < -0.39 is 0 Å². The van der Waals surface area contributed by atoms with Gasteiger partial charge in [-0.2, -0.15) is 0 Å². The monoisotopic (exact) mass is 264 g/mol. The Morgan fingerprint density at radius 1 is 1.22 bits per heavy atom. The molecule has 0 heterocycles. The van der Waals surface area contributed by atoms with Gasteiger partial charge in [0.15, 0.2) is 0 Å². The van der Waals surface area contributed by atoms with Crippen molar-refractivity contribution in [1.82, 2.24) is 0 Å². The first kappa shape index (κ1) is 12.1. The Balaban J connectivity index is 1.88. The Hall–Kier alpha value is -0.990. The fourth-order valence-corrected chi connectivity index (χ4v) is 3.65. The molecule has 1 aromatic rings. The lowest BCUT2D eigenvalue weighted by Crippen LogP contribution is -2.21. The molecule has 18 heavy (non-hydrogen) atoms. The Kier molecular flexibility index (Phi) is 3.08. The molecular formula is C15H17ClO2. The smallest absolute Gasteiger partial charge is 0.117 e. The summed E-state index contributed by atoms with van der Waals surface area (Å²) in [4.78, 5) is 0. The Morgan fingerprint density at radius 3 is 2.83 bits per heavy atom. The van der Waals surface area contributed by atoms with Crippen LogP contribution in [0.3, 0.4) is 0 Å². The molecule has 0 saturated heterocycles. The minimum atomic E-state index is -0.122. The molecule has 2 aliphatic carbocycles. The number of aliphatic hydroxyl groups excluding tert-OH is 1. The van der Waals surface area contributed by atoms with Crippen molar-refractivity contribution in [2.24, 2.45) is 11.8 Å². The second-order valence-electron chi connectivity index (χ2n) is 5.40. The molecule has 3 atom stereocenters. The van der Waals surface area contributed by atoms with Gasteiger partial charge in [-0.15, -0.1) is 0 Å². The van der Waals surface area contributed by atoms with Crippen LogP contribution in [-0.4, -0.2) is 16.3 Å². The molecule has 3 rings (SSSR count). The van der Waals surface area contributed by atoms with Gasteiger partial charge in [0.05, 0.1) is 11.1 Å². The topological polar surface area (TPSA) is 40.5 Å². The average molecular weight is 265 g/mol. The van der Waals surface area contributed by atoms with E-state index in [0.717, 1.165) is 31.2 Å². The first-order chi connectivity index (χ1) is 8.65. The number of allylic oxidation sites excluding steroid dienone is 2. The summed E-state index contributed by atoms with van der Waals surface area (Å²) in [5.74, 6) is 1.23. The number of aromatic hydroxyl groups is 1. The van der Waals surface area contributed by atoms with E-state index in [1.807, 2.05) is 6.07 Å². The summed E-state index contributed by atoms with van der Waals surface area (Å²) >= 11 is 6.18. The van der Waals surface area contributed by atoms with Crippen molar-refractivity contribution in [3.05, 3.63) is 34.9 Å². The lowest BCUT2D eigenvalue weighted by atomic mass is 9.79. The molecule has 1 aromatic carbocycles. The zero-order valence-corrected chi connectivity index (χ0v) is 10.9. The first-order valence-electron chi connectivity index (χ1n) is 6.51. The molecule has 2 nitrogen and oxygen atoms in total. The van der Waals surface area contributed by atoms with Crippen LogP contribution in [0.5, 0.6) is 5.75 Å². The molecule has 1 fully saturated rings. The molecule has 0 amide bonds. The fraction of sp³-hybridized carbons (Fsp3) is 0.467. The highest BCUT2D eigenvalue weighted by Gasteiger charge is 2.36. The number of fused-ring (bicyclic) bond motifs is 1. The predicted molar refractivity (Wildman–Crippen MR) is 72.5 cm³/mol.